The van der Waals surface area contributed by atoms with Crippen LogP contribution in [0.5, 0.6) is 0 Å². The molecule has 2 rings (SSSR count). The summed E-state index contributed by atoms with van der Waals surface area (Å²) in [5.41, 5.74) is 0. The molecular formula is C12H20N2O3S. The van der Waals surface area contributed by atoms with Gasteiger partial charge in [-0.25, -0.2) is 0 Å². The Morgan fingerprint density at radius 1 is 1.39 bits per heavy atom. The molecule has 0 aliphatic carbocycles. The maximum atomic E-state index is 12.1. The SMILES string of the molecule is O=C(O)CC1CCN(C(=O)CC2CSCCN2)C1. The standard InChI is InChI=1S/C12H20N2O3S/c15-11(6-10-8-18-4-2-13-10)14-3-1-9(7-14)5-12(16)17/h9-10,13H,1-8H2,(H,16,17). The predicted octanol–water partition coefficient (Wildman–Crippen LogP) is 0.405. The highest BCUT2D eigenvalue weighted by Gasteiger charge is 2.29. The number of carbonyl (C=O) groups is 2. The summed E-state index contributed by atoms with van der Waals surface area (Å²) in [4.78, 5) is 24.5. The normalized spacial score (nSPS) is 28.3. The molecule has 1 amide bonds. The Morgan fingerprint density at radius 3 is 2.89 bits per heavy atom. The van der Waals surface area contributed by atoms with E-state index in [-0.39, 0.29) is 24.3 Å². The summed E-state index contributed by atoms with van der Waals surface area (Å²) in [6.45, 7) is 2.31. The minimum Gasteiger partial charge on any atom is -0.481 e. The van der Waals surface area contributed by atoms with Crippen molar-refractivity contribution >= 4 is 23.6 Å². The minimum absolute atomic E-state index is 0.139. The van der Waals surface area contributed by atoms with E-state index in [1.54, 1.807) is 0 Å². The van der Waals surface area contributed by atoms with Gasteiger partial charge >= 0.3 is 5.97 Å². The average Bonchev–Trinajstić information content (AvgIpc) is 2.78. The summed E-state index contributed by atoms with van der Waals surface area (Å²) in [5.74, 6) is 1.66. The van der Waals surface area contributed by atoms with Gasteiger partial charge in [0.15, 0.2) is 0 Å². The van der Waals surface area contributed by atoms with Crippen LogP contribution in [0.3, 0.4) is 0 Å². The summed E-state index contributed by atoms with van der Waals surface area (Å²) < 4.78 is 0. The lowest BCUT2D eigenvalue weighted by Crippen LogP contribution is -2.42. The zero-order chi connectivity index (χ0) is 13.0. The molecule has 0 aromatic carbocycles. The summed E-state index contributed by atoms with van der Waals surface area (Å²) in [5, 5.41) is 12.1. The molecule has 6 heteroatoms. The van der Waals surface area contributed by atoms with Crippen LogP contribution in [0, 0.1) is 5.92 Å². The largest absolute Gasteiger partial charge is 0.481 e. The summed E-state index contributed by atoms with van der Waals surface area (Å²) in [6.07, 6.45) is 1.55. The number of carboxylic acid groups (broad SMARTS) is 1. The number of likely N-dealkylation sites (tertiary alicyclic amines) is 1. The van der Waals surface area contributed by atoms with Gasteiger partial charge in [-0.3, -0.25) is 9.59 Å². The first-order chi connectivity index (χ1) is 8.65. The maximum absolute atomic E-state index is 12.1. The number of hydrogen-bond donors (Lipinski definition) is 2. The molecule has 2 saturated heterocycles. The van der Waals surface area contributed by atoms with Gasteiger partial charge in [0, 0.05) is 50.0 Å². The third-order valence-corrected chi connectivity index (χ3v) is 4.65. The van der Waals surface area contributed by atoms with Gasteiger partial charge in [-0.15, -0.1) is 0 Å². The van der Waals surface area contributed by atoms with Crippen LogP contribution in [0.15, 0.2) is 0 Å². The number of nitrogens with zero attached hydrogens (tertiary/aromatic N) is 1. The van der Waals surface area contributed by atoms with Gasteiger partial charge in [-0.2, -0.15) is 11.8 Å². The number of thioether (sulfide) groups is 1. The molecule has 0 radical (unpaired) electrons. The lowest BCUT2D eigenvalue weighted by Gasteiger charge is -2.25. The topological polar surface area (TPSA) is 69.6 Å². The molecule has 0 saturated carbocycles. The fourth-order valence-corrected chi connectivity index (χ4v) is 3.51. The Hall–Kier alpha value is -0.750. The van der Waals surface area contributed by atoms with Crippen molar-refractivity contribution in [3.8, 4) is 0 Å². The molecule has 0 bridgehead atoms. The number of carboxylic acids is 1. The first-order valence-electron chi connectivity index (χ1n) is 6.46. The molecule has 2 heterocycles. The molecule has 2 atom stereocenters. The van der Waals surface area contributed by atoms with E-state index < -0.39 is 5.97 Å². The first-order valence-corrected chi connectivity index (χ1v) is 7.61. The second-order valence-corrected chi connectivity index (χ2v) is 6.17. The second-order valence-electron chi connectivity index (χ2n) is 5.02. The smallest absolute Gasteiger partial charge is 0.303 e. The first kappa shape index (κ1) is 13.7. The molecule has 0 aromatic rings. The monoisotopic (exact) mass is 272 g/mol. The predicted molar refractivity (Wildman–Crippen MR) is 70.7 cm³/mol. The Kier molecular flexibility index (Phi) is 4.88. The zero-order valence-electron chi connectivity index (χ0n) is 10.4. The second kappa shape index (κ2) is 6.43. The van der Waals surface area contributed by atoms with Crippen LogP contribution in [0.25, 0.3) is 0 Å². The highest BCUT2D eigenvalue weighted by molar-refractivity contribution is 7.99. The van der Waals surface area contributed by atoms with E-state index in [1.807, 2.05) is 16.7 Å². The van der Waals surface area contributed by atoms with Crippen LogP contribution in [-0.4, -0.2) is 59.1 Å². The quantitative estimate of drug-likeness (QED) is 0.775. The van der Waals surface area contributed by atoms with Crippen molar-refractivity contribution in [1.29, 1.82) is 0 Å². The zero-order valence-corrected chi connectivity index (χ0v) is 11.2. The van der Waals surface area contributed by atoms with E-state index in [1.165, 1.54) is 0 Å². The fraction of sp³-hybridized carbons (Fsp3) is 0.833. The molecule has 18 heavy (non-hydrogen) atoms. The molecule has 2 fully saturated rings. The average molecular weight is 272 g/mol. The minimum atomic E-state index is -0.764. The van der Waals surface area contributed by atoms with Crippen molar-refractivity contribution < 1.29 is 14.7 Å². The number of carbonyl (C=O) groups excluding carboxylic acids is 1. The summed E-state index contributed by atoms with van der Waals surface area (Å²) in [7, 11) is 0. The van der Waals surface area contributed by atoms with Crippen molar-refractivity contribution in [2.45, 2.75) is 25.3 Å². The van der Waals surface area contributed by atoms with Crippen molar-refractivity contribution in [2.24, 2.45) is 5.92 Å². The van der Waals surface area contributed by atoms with Gasteiger partial charge < -0.3 is 15.3 Å². The van der Waals surface area contributed by atoms with Crippen molar-refractivity contribution in [1.82, 2.24) is 10.2 Å². The van der Waals surface area contributed by atoms with Crippen LogP contribution in [0.2, 0.25) is 0 Å². The molecule has 2 aliphatic heterocycles. The van der Waals surface area contributed by atoms with Crippen LogP contribution >= 0.6 is 11.8 Å². The van der Waals surface area contributed by atoms with Crippen molar-refractivity contribution in [3.05, 3.63) is 0 Å². The highest BCUT2D eigenvalue weighted by Crippen LogP contribution is 2.21. The van der Waals surface area contributed by atoms with Gasteiger partial charge in [0.1, 0.15) is 0 Å². The fourth-order valence-electron chi connectivity index (χ4n) is 2.56. The molecule has 2 unspecified atom stereocenters. The van der Waals surface area contributed by atoms with Gasteiger partial charge in [-0.1, -0.05) is 0 Å². The van der Waals surface area contributed by atoms with Gasteiger partial charge in [0.25, 0.3) is 0 Å². The van der Waals surface area contributed by atoms with E-state index in [4.69, 9.17) is 5.11 Å². The van der Waals surface area contributed by atoms with Crippen molar-refractivity contribution in [3.63, 3.8) is 0 Å². The van der Waals surface area contributed by atoms with Gasteiger partial charge in [0.2, 0.25) is 5.91 Å². The number of nitrogens with one attached hydrogen (secondary N) is 1. The van der Waals surface area contributed by atoms with E-state index in [0.29, 0.717) is 13.0 Å². The lowest BCUT2D eigenvalue weighted by atomic mass is 10.1. The summed E-state index contributed by atoms with van der Waals surface area (Å²) in [6, 6.07) is 0.287. The summed E-state index contributed by atoms with van der Waals surface area (Å²) >= 11 is 1.89. The molecule has 2 N–H and O–H groups in total. The van der Waals surface area contributed by atoms with Crippen LogP contribution < -0.4 is 5.32 Å². The van der Waals surface area contributed by atoms with Gasteiger partial charge in [-0.05, 0) is 12.3 Å². The Balaban J connectivity index is 1.74. The third kappa shape index (κ3) is 3.88. The molecule has 2 aliphatic rings. The van der Waals surface area contributed by atoms with E-state index in [9.17, 15) is 9.59 Å². The number of amides is 1. The molecular weight excluding hydrogens is 252 g/mol. The molecule has 102 valence electrons. The lowest BCUT2D eigenvalue weighted by molar-refractivity contribution is -0.138. The Bertz CT molecular complexity index is 318. The van der Waals surface area contributed by atoms with E-state index >= 15 is 0 Å². The number of rotatable bonds is 4. The number of aliphatic carboxylic acids is 1. The molecule has 0 spiro atoms. The number of hydrogen-bond acceptors (Lipinski definition) is 4. The van der Waals surface area contributed by atoms with Crippen molar-refractivity contribution in [2.75, 3.05) is 31.1 Å². The van der Waals surface area contributed by atoms with Crippen LogP contribution in [-0.2, 0) is 9.59 Å². The maximum Gasteiger partial charge on any atom is 0.303 e. The highest BCUT2D eigenvalue weighted by atomic mass is 32.2. The molecule has 0 aromatic heterocycles. The Morgan fingerprint density at radius 2 is 2.22 bits per heavy atom. The molecule has 5 nitrogen and oxygen atoms in total. The van der Waals surface area contributed by atoms with Crippen LogP contribution in [0.4, 0.5) is 0 Å². The third-order valence-electron chi connectivity index (χ3n) is 3.52. The van der Waals surface area contributed by atoms with Crippen LogP contribution in [0.1, 0.15) is 19.3 Å². The Labute approximate surface area is 111 Å². The van der Waals surface area contributed by atoms with E-state index in [0.717, 1.165) is 31.0 Å². The van der Waals surface area contributed by atoms with E-state index in [2.05, 4.69) is 5.32 Å². The van der Waals surface area contributed by atoms with Gasteiger partial charge in [0.05, 0.1) is 0 Å².